The van der Waals surface area contributed by atoms with Crippen molar-refractivity contribution in [2.75, 3.05) is 11.9 Å². The Morgan fingerprint density at radius 2 is 1.85 bits per heavy atom. The molecule has 0 amide bonds. The lowest BCUT2D eigenvalue weighted by atomic mass is 10.3. The number of para-hydroxylation sites is 2. The van der Waals surface area contributed by atoms with Crippen molar-refractivity contribution in [3.63, 3.8) is 0 Å². The van der Waals surface area contributed by atoms with E-state index in [-0.39, 0.29) is 11.4 Å². The van der Waals surface area contributed by atoms with Crippen molar-refractivity contribution in [2.24, 2.45) is 0 Å². The first-order chi connectivity index (χ1) is 5.99. The topological polar surface area (TPSA) is 32.3 Å². The smallest absolute Gasteiger partial charge is 0.405 e. The maximum absolute atomic E-state index is 11.7. The van der Waals surface area contributed by atoms with Gasteiger partial charge in [-0.15, -0.1) is 0 Å². The SMILES string of the molecule is Oc1ccccc1NCC(F)(F)F. The second-order valence-corrected chi connectivity index (χ2v) is 2.49. The molecule has 0 aliphatic heterocycles. The summed E-state index contributed by atoms with van der Waals surface area (Å²) in [6.45, 7) is -1.15. The van der Waals surface area contributed by atoms with Crippen LogP contribution in [0.25, 0.3) is 0 Å². The minimum atomic E-state index is -4.28. The second-order valence-electron chi connectivity index (χ2n) is 2.49. The zero-order chi connectivity index (χ0) is 9.90. The number of aromatic hydroxyl groups is 1. The predicted octanol–water partition coefficient (Wildman–Crippen LogP) is 2.37. The van der Waals surface area contributed by atoms with Crippen LogP contribution in [0.3, 0.4) is 0 Å². The highest BCUT2D eigenvalue weighted by atomic mass is 19.4. The Hall–Kier alpha value is -1.39. The predicted molar refractivity (Wildman–Crippen MR) is 42.7 cm³/mol. The highest BCUT2D eigenvalue weighted by Gasteiger charge is 2.26. The molecule has 2 N–H and O–H groups in total. The van der Waals surface area contributed by atoms with E-state index in [1.165, 1.54) is 18.2 Å². The molecule has 0 unspecified atom stereocenters. The van der Waals surface area contributed by atoms with E-state index in [9.17, 15) is 13.2 Å². The van der Waals surface area contributed by atoms with Gasteiger partial charge in [-0.3, -0.25) is 0 Å². The van der Waals surface area contributed by atoms with Gasteiger partial charge in [0, 0.05) is 0 Å². The van der Waals surface area contributed by atoms with Crippen LogP contribution in [0.5, 0.6) is 5.75 Å². The fourth-order valence-electron chi connectivity index (χ4n) is 0.819. The summed E-state index contributed by atoms with van der Waals surface area (Å²) >= 11 is 0. The third-order valence-electron chi connectivity index (χ3n) is 1.38. The Kier molecular flexibility index (Phi) is 2.65. The fraction of sp³-hybridized carbons (Fsp3) is 0.250. The molecular formula is C8H8F3NO. The highest BCUT2D eigenvalue weighted by molar-refractivity contribution is 5.55. The molecule has 0 aliphatic rings. The maximum Gasteiger partial charge on any atom is 0.405 e. The van der Waals surface area contributed by atoms with Gasteiger partial charge in [0.25, 0.3) is 0 Å². The maximum atomic E-state index is 11.7. The van der Waals surface area contributed by atoms with E-state index >= 15 is 0 Å². The average molecular weight is 191 g/mol. The number of phenolic OH excluding ortho intramolecular Hbond substituents is 1. The standard InChI is InChI=1S/C8H8F3NO/c9-8(10,11)5-12-6-3-1-2-4-7(6)13/h1-4,12-13H,5H2. The van der Waals surface area contributed by atoms with Gasteiger partial charge in [0.05, 0.1) is 5.69 Å². The van der Waals surface area contributed by atoms with Gasteiger partial charge < -0.3 is 10.4 Å². The number of phenols is 1. The van der Waals surface area contributed by atoms with Crippen LogP contribution >= 0.6 is 0 Å². The molecule has 2 nitrogen and oxygen atoms in total. The summed E-state index contributed by atoms with van der Waals surface area (Å²) in [6, 6.07) is 5.77. The van der Waals surface area contributed by atoms with Crippen LogP contribution in [0.4, 0.5) is 18.9 Å². The van der Waals surface area contributed by atoms with Crippen molar-refractivity contribution >= 4 is 5.69 Å². The zero-order valence-corrected chi connectivity index (χ0v) is 6.60. The van der Waals surface area contributed by atoms with Gasteiger partial charge in [0.15, 0.2) is 0 Å². The summed E-state index contributed by atoms with van der Waals surface area (Å²) < 4.78 is 35.2. The molecule has 72 valence electrons. The van der Waals surface area contributed by atoms with Gasteiger partial charge >= 0.3 is 6.18 Å². The Labute approximate surface area is 73.0 Å². The van der Waals surface area contributed by atoms with Crippen LogP contribution in [-0.2, 0) is 0 Å². The van der Waals surface area contributed by atoms with Crippen molar-refractivity contribution < 1.29 is 18.3 Å². The number of halogens is 3. The van der Waals surface area contributed by atoms with E-state index in [0.717, 1.165) is 0 Å². The molecule has 0 bridgehead atoms. The lowest BCUT2D eigenvalue weighted by Gasteiger charge is -2.10. The third kappa shape index (κ3) is 3.23. The first-order valence-corrected chi connectivity index (χ1v) is 3.58. The summed E-state index contributed by atoms with van der Waals surface area (Å²) in [4.78, 5) is 0. The van der Waals surface area contributed by atoms with Gasteiger partial charge in [-0.2, -0.15) is 13.2 Å². The average Bonchev–Trinajstić information content (AvgIpc) is 2.01. The Morgan fingerprint density at radius 3 is 2.38 bits per heavy atom. The summed E-state index contributed by atoms with van der Waals surface area (Å²) in [6.07, 6.45) is -4.28. The number of hydrogen-bond acceptors (Lipinski definition) is 2. The minimum Gasteiger partial charge on any atom is -0.506 e. The zero-order valence-electron chi connectivity index (χ0n) is 6.60. The molecule has 5 heteroatoms. The van der Waals surface area contributed by atoms with Crippen LogP contribution in [0.15, 0.2) is 24.3 Å². The van der Waals surface area contributed by atoms with Crippen LogP contribution in [0.1, 0.15) is 0 Å². The Morgan fingerprint density at radius 1 is 1.23 bits per heavy atom. The lowest BCUT2D eigenvalue weighted by Crippen LogP contribution is -2.21. The van der Waals surface area contributed by atoms with Crippen molar-refractivity contribution in [1.29, 1.82) is 0 Å². The number of nitrogens with one attached hydrogen (secondary N) is 1. The molecular weight excluding hydrogens is 183 g/mol. The van der Waals surface area contributed by atoms with Crippen LogP contribution in [-0.4, -0.2) is 17.8 Å². The number of alkyl halides is 3. The van der Waals surface area contributed by atoms with Crippen molar-refractivity contribution in [3.8, 4) is 5.75 Å². The van der Waals surface area contributed by atoms with E-state index < -0.39 is 12.7 Å². The van der Waals surface area contributed by atoms with Crippen molar-refractivity contribution in [1.82, 2.24) is 0 Å². The lowest BCUT2D eigenvalue weighted by molar-refractivity contribution is -0.115. The molecule has 1 rings (SSSR count). The van der Waals surface area contributed by atoms with E-state index in [4.69, 9.17) is 5.11 Å². The van der Waals surface area contributed by atoms with Crippen LogP contribution in [0, 0.1) is 0 Å². The number of benzene rings is 1. The first-order valence-electron chi connectivity index (χ1n) is 3.58. The Bertz CT molecular complexity index is 285. The van der Waals surface area contributed by atoms with E-state index in [2.05, 4.69) is 5.32 Å². The monoisotopic (exact) mass is 191 g/mol. The quantitative estimate of drug-likeness (QED) is 0.703. The molecule has 0 saturated heterocycles. The summed E-state index contributed by atoms with van der Waals surface area (Å²) in [7, 11) is 0. The second kappa shape index (κ2) is 3.55. The minimum absolute atomic E-state index is 0.0832. The fourth-order valence-corrected chi connectivity index (χ4v) is 0.819. The first kappa shape index (κ1) is 9.70. The van der Waals surface area contributed by atoms with Gasteiger partial charge in [0.1, 0.15) is 12.3 Å². The molecule has 0 spiro atoms. The summed E-state index contributed by atoms with van der Waals surface area (Å²) in [5.74, 6) is -0.188. The van der Waals surface area contributed by atoms with Gasteiger partial charge in [-0.05, 0) is 12.1 Å². The van der Waals surface area contributed by atoms with Gasteiger partial charge in [-0.25, -0.2) is 0 Å². The molecule has 0 radical (unpaired) electrons. The van der Waals surface area contributed by atoms with E-state index in [0.29, 0.717) is 0 Å². The molecule has 1 aromatic carbocycles. The normalized spacial score (nSPS) is 11.3. The molecule has 13 heavy (non-hydrogen) atoms. The summed E-state index contributed by atoms with van der Waals surface area (Å²) in [5, 5.41) is 11.2. The van der Waals surface area contributed by atoms with Crippen molar-refractivity contribution in [3.05, 3.63) is 24.3 Å². The van der Waals surface area contributed by atoms with E-state index in [1.54, 1.807) is 6.07 Å². The molecule has 0 aromatic heterocycles. The van der Waals surface area contributed by atoms with Gasteiger partial charge in [-0.1, -0.05) is 12.1 Å². The van der Waals surface area contributed by atoms with Crippen LogP contribution in [0.2, 0.25) is 0 Å². The molecule has 0 heterocycles. The van der Waals surface area contributed by atoms with E-state index in [1.807, 2.05) is 0 Å². The third-order valence-corrected chi connectivity index (χ3v) is 1.38. The van der Waals surface area contributed by atoms with Gasteiger partial charge in [0.2, 0.25) is 0 Å². The number of hydrogen-bond donors (Lipinski definition) is 2. The molecule has 0 fully saturated rings. The number of anilines is 1. The van der Waals surface area contributed by atoms with Crippen LogP contribution < -0.4 is 5.32 Å². The Balaban J connectivity index is 2.60. The van der Waals surface area contributed by atoms with Crippen molar-refractivity contribution in [2.45, 2.75) is 6.18 Å². The summed E-state index contributed by atoms with van der Waals surface area (Å²) in [5.41, 5.74) is 0.0832. The highest BCUT2D eigenvalue weighted by Crippen LogP contribution is 2.23. The molecule has 0 atom stereocenters. The number of rotatable bonds is 2. The molecule has 0 saturated carbocycles. The molecule has 1 aromatic rings. The molecule has 0 aliphatic carbocycles. The largest absolute Gasteiger partial charge is 0.506 e.